The lowest BCUT2D eigenvalue weighted by atomic mass is 9.73. The molecule has 5 nitrogen and oxygen atoms in total. The van der Waals surface area contributed by atoms with Gasteiger partial charge < -0.3 is 9.74 Å². The van der Waals surface area contributed by atoms with Crippen LogP contribution >= 0.6 is 11.8 Å². The van der Waals surface area contributed by atoms with Gasteiger partial charge in [-0.1, -0.05) is 86.6 Å². The van der Waals surface area contributed by atoms with E-state index >= 15 is 0 Å². The van der Waals surface area contributed by atoms with Crippen LogP contribution in [0.4, 0.5) is 17.1 Å². The summed E-state index contributed by atoms with van der Waals surface area (Å²) in [6, 6.07) is 41.8. The number of nitrogens with zero attached hydrogens (tertiary/aromatic N) is 2. The van der Waals surface area contributed by atoms with Gasteiger partial charge in [0.05, 0.1) is 0 Å². The zero-order chi connectivity index (χ0) is 32.5. The van der Waals surface area contributed by atoms with Crippen LogP contribution in [0.2, 0.25) is 0 Å². The summed E-state index contributed by atoms with van der Waals surface area (Å²) in [6.45, 7) is 4.62. The minimum absolute atomic E-state index is 0.0323. The molecule has 5 aromatic rings. The maximum absolute atomic E-state index is 11.9. The van der Waals surface area contributed by atoms with Gasteiger partial charge in [-0.05, 0) is 107 Å². The molecule has 0 spiro atoms. The molecule has 47 heavy (non-hydrogen) atoms. The molecule has 0 radical (unpaired) electrons. The van der Waals surface area contributed by atoms with Crippen molar-refractivity contribution in [2.75, 3.05) is 4.90 Å². The van der Waals surface area contributed by atoms with Gasteiger partial charge in [0.1, 0.15) is 11.6 Å². The summed E-state index contributed by atoms with van der Waals surface area (Å²) in [5.41, 5.74) is 9.96. The Morgan fingerprint density at radius 1 is 0.851 bits per heavy atom. The van der Waals surface area contributed by atoms with E-state index in [1.807, 2.05) is 6.07 Å². The molecule has 0 saturated carbocycles. The predicted octanol–water partition coefficient (Wildman–Crippen LogP) is 10.2. The van der Waals surface area contributed by atoms with E-state index in [0.717, 1.165) is 42.7 Å². The highest BCUT2D eigenvalue weighted by Gasteiger charge is 2.41. The number of benzene rings is 5. The summed E-state index contributed by atoms with van der Waals surface area (Å²) in [7, 11) is 0. The largest absolute Gasteiger partial charge is 0.369 e. The molecule has 2 N–H and O–H groups in total. The second-order valence-corrected chi connectivity index (χ2v) is 13.8. The Bertz CT molecular complexity index is 2040. The Labute approximate surface area is 280 Å². The number of hydrogen-bond donors (Lipinski definition) is 1. The highest BCUT2D eigenvalue weighted by molar-refractivity contribution is 8.00. The fraction of sp³-hybridized carbons (Fsp3) is 0.220. The van der Waals surface area contributed by atoms with Crippen LogP contribution in [0.15, 0.2) is 121 Å². The van der Waals surface area contributed by atoms with E-state index in [4.69, 9.17) is 5.90 Å². The third-order valence-electron chi connectivity index (χ3n) is 10.1. The predicted molar refractivity (Wildman–Crippen MR) is 193 cm³/mol. The number of carbonyl (C=O) groups excluding carboxylic acids is 1. The van der Waals surface area contributed by atoms with E-state index in [-0.39, 0.29) is 21.5 Å². The van der Waals surface area contributed by atoms with E-state index in [0.29, 0.717) is 0 Å². The second-order valence-electron chi connectivity index (χ2n) is 12.4. The number of thioether (sulfide) groups is 1. The van der Waals surface area contributed by atoms with Crippen LogP contribution in [-0.2, 0) is 15.0 Å². The number of rotatable bonds is 8. The summed E-state index contributed by atoms with van der Waals surface area (Å²) in [6.07, 6.45) is 5.55. The Kier molecular flexibility index (Phi) is 8.36. The average molecular weight is 636 g/mol. The normalized spacial score (nSPS) is 18.0. The Morgan fingerprint density at radius 2 is 1.51 bits per heavy atom. The van der Waals surface area contributed by atoms with Gasteiger partial charge in [0, 0.05) is 33.0 Å². The number of para-hydroxylation sites is 1. The van der Waals surface area contributed by atoms with Gasteiger partial charge in [-0.25, -0.2) is 4.79 Å². The Balaban J connectivity index is 1.27. The zero-order valence-electron chi connectivity index (χ0n) is 26.6. The third-order valence-corrected chi connectivity index (χ3v) is 11.6. The molecule has 1 saturated heterocycles. The molecule has 234 valence electrons. The van der Waals surface area contributed by atoms with Crippen molar-refractivity contribution >= 4 is 45.6 Å². The number of fused-ring (bicyclic) bond motifs is 4. The van der Waals surface area contributed by atoms with Gasteiger partial charge in [-0.15, -0.1) is 11.8 Å². The van der Waals surface area contributed by atoms with Crippen molar-refractivity contribution < 1.29 is 9.63 Å². The molecule has 1 aliphatic heterocycles. The van der Waals surface area contributed by atoms with E-state index in [1.165, 1.54) is 38.6 Å². The molecule has 1 aliphatic carbocycles. The molecule has 1 fully saturated rings. The van der Waals surface area contributed by atoms with E-state index in [2.05, 4.69) is 133 Å². The zero-order valence-corrected chi connectivity index (χ0v) is 27.5. The van der Waals surface area contributed by atoms with E-state index in [9.17, 15) is 10.1 Å². The van der Waals surface area contributed by atoms with Crippen LogP contribution in [0.3, 0.4) is 0 Å². The summed E-state index contributed by atoms with van der Waals surface area (Å²) < 4.78 is 0. The fourth-order valence-electron chi connectivity index (χ4n) is 7.62. The van der Waals surface area contributed by atoms with Gasteiger partial charge in [-0.3, -0.25) is 0 Å². The van der Waals surface area contributed by atoms with Crippen molar-refractivity contribution in [3.8, 4) is 17.2 Å². The summed E-state index contributed by atoms with van der Waals surface area (Å²) in [5.74, 6) is 4.25. The van der Waals surface area contributed by atoms with Crippen molar-refractivity contribution in [3.63, 3.8) is 0 Å². The fourth-order valence-corrected chi connectivity index (χ4v) is 9.11. The van der Waals surface area contributed by atoms with Gasteiger partial charge in [0.15, 0.2) is 0 Å². The second kappa shape index (κ2) is 12.8. The van der Waals surface area contributed by atoms with Crippen molar-refractivity contribution in [1.29, 1.82) is 5.26 Å². The number of carbonyl (C=O) groups is 1. The lowest BCUT2D eigenvalue weighted by Crippen LogP contribution is -2.23. The molecule has 6 heteroatoms. The van der Waals surface area contributed by atoms with Crippen LogP contribution in [0.25, 0.3) is 21.9 Å². The molecule has 5 aromatic carbocycles. The van der Waals surface area contributed by atoms with Crippen molar-refractivity contribution in [1.82, 2.24) is 0 Å². The maximum atomic E-state index is 11.9. The molecule has 0 amide bonds. The number of nitrogens with two attached hydrogens (primary N) is 1. The smallest absolute Gasteiger partial charge is 0.367 e. The molecular weight excluding hydrogens is 599 g/mol. The first-order chi connectivity index (χ1) is 23.0. The molecule has 0 bridgehead atoms. The Hall–Kier alpha value is -4.83. The van der Waals surface area contributed by atoms with Crippen LogP contribution in [0.1, 0.15) is 61.5 Å². The standard InChI is InChI=1S/C41H37N3O2S/c1-3-41(4-2)37-24-29(39-21-18-34(47-39)23-30(26-42)40(45)46-43)15-19-35(37)36-20-17-33(25-38(36)41)44(31-12-6-5-7-13-31)32-16-14-27-10-8-9-11-28(27)22-32/h5-17,19-20,22-25,34,39H,3-4,18,21,43H2,1-2H3/b30-23+. The number of anilines is 3. The minimum Gasteiger partial charge on any atom is -0.369 e. The molecule has 0 aromatic heterocycles. The van der Waals surface area contributed by atoms with Gasteiger partial charge >= 0.3 is 5.97 Å². The number of hydrogen-bond acceptors (Lipinski definition) is 6. The summed E-state index contributed by atoms with van der Waals surface area (Å²) in [5, 5.41) is 12.2. The van der Waals surface area contributed by atoms with Crippen LogP contribution in [0, 0.1) is 11.3 Å². The SMILES string of the molecule is CCC1(CC)c2cc(C3CCC(/C=C(\C#N)C(=O)ON)S3)ccc2-c2ccc(N(c3ccccc3)c3ccc4ccccc4c3)cc21. The van der Waals surface area contributed by atoms with E-state index in [1.54, 1.807) is 17.8 Å². The maximum Gasteiger partial charge on any atom is 0.367 e. The first kappa shape index (κ1) is 30.8. The summed E-state index contributed by atoms with van der Waals surface area (Å²) >= 11 is 1.80. The molecular formula is C41H37N3O2S. The van der Waals surface area contributed by atoms with Gasteiger partial charge in [0.25, 0.3) is 0 Å². The van der Waals surface area contributed by atoms with Crippen molar-refractivity contribution in [3.05, 3.63) is 138 Å². The first-order valence-corrected chi connectivity index (χ1v) is 17.3. The first-order valence-electron chi connectivity index (χ1n) is 16.3. The lowest BCUT2D eigenvalue weighted by Gasteiger charge is -2.32. The topological polar surface area (TPSA) is 79.3 Å². The molecule has 2 atom stereocenters. The highest BCUT2D eigenvalue weighted by atomic mass is 32.2. The van der Waals surface area contributed by atoms with Gasteiger partial charge in [0.2, 0.25) is 0 Å². The third kappa shape index (κ3) is 5.40. The van der Waals surface area contributed by atoms with Crippen LogP contribution in [-0.4, -0.2) is 11.2 Å². The molecule has 7 rings (SSSR count). The monoisotopic (exact) mass is 635 g/mol. The quantitative estimate of drug-likeness (QED) is 0.104. The van der Waals surface area contributed by atoms with Crippen molar-refractivity contribution in [2.24, 2.45) is 5.90 Å². The molecule has 2 aliphatic rings. The van der Waals surface area contributed by atoms with Gasteiger partial charge in [-0.2, -0.15) is 11.2 Å². The Morgan fingerprint density at radius 3 is 2.23 bits per heavy atom. The van der Waals surface area contributed by atoms with Crippen LogP contribution < -0.4 is 10.8 Å². The van der Waals surface area contributed by atoms with Crippen molar-refractivity contribution in [2.45, 2.75) is 55.4 Å². The molecule has 2 unspecified atom stereocenters. The lowest BCUT2D eigenvalue weighted by molar-refractivity contribution is -0.139. The van der Waals surface area contributed by atoms with E-state index < -0.39 is 5.97 Å². The minimum atomic E-state index is -0.784. The number of nitriles is 1. The van der Waals surface area contributed by atoms with Crippen LogP contribution in [0.5, 0.6) is 0 Å². The molecule has 1 heterocycles. The highest BCUT2D eigenvalue weighted by Crippen LogP contribution is 2.56. The summed E-state index contributed by atoms with van der Waals surface area (Å²) in [4.78, 5) is 18.6. The average Bonchev–Trinajstić information content (AvgIpc) is 3.71.